The zero-order valence-corrected chi connectivity index (χ0v) is 10.3. The van der Waals surface area contributed by atoms with Crippen molar-refractivity contribution in [1.82, 2.24) is 5.32 Å². The second kappa shape index (κ2) is 6.86. The van der Waals surface area contributed by atoms with E-state index in [0.29, 0.717) is 11.4 Å². The van der Waals surface area contributed by atoms with Crippen molar-refractivity contribution in [3.8, 4) is 0 Å². The predicted octanol–water partition coefficient (Wildman–Crippen LogP) is 3.12. The first-order valence-electron chi connectivity index (χ1n) is 5.84. The molecule has 0 saturated heterocycles. The van der Waals surface area contributed by atoms with E-state index in [0.717, 1.165) is 0 Å². The number of urea groups is 1. The number of unbranched alkanes of at least 4 members (excludes halogenated alkanes) is 1. The number of benzene rings is 1. The van der Waals surface area contributed by atoms with Crippen molar-refractivity contribution in [2.24, 2.45) is 0 Å². The molecular weight excluding hydrogens is 259 g/mol. The van der Waals surface area contributed by atoms with Crippen molar-refractivity contribution in [3.63, 3.8) is 0 Å². The van der Waals surface area contributed by atoms with Gasteiger partial charge in [-0.3, -0.25) is 0 Å². The van der Waals surface area contributed by atoms with Crippen molar-refractivity contribution in [1.29, 1.82) is 0 Å². The highest BCUT2D eigenvalue weighted by molar-refractivity contribution is 5.89. The Labute approximate surface area is 109 Å². The van der Waals surface area contributed by atoms with E-state index < -0.39 is 18.6 Å². The third-order valence-electron chi connectivity index (χ3n) is 2.32. The van der Waals surface area contributed by atoms with Crippen LogP contribution >= 0.6 is 0 Å². The molecule has 0 radical (unpaired) electrons. The van der Waals surface area contributed by atoms with Gasteiger partial charge < -0.3 is 16.4 Å². The number of rotatable bonds is 5. The molecule has 0 unspecified atom stereocenters. The maximum atomic E-state index is 11.9. The Morgan fingerprint density at radius 3 is 2.63 bits per heavy atom. The molecule has 7 heteroatoms. The lowest BCUT2D eigenvalue weighted by Crippen LogP contribution is -2.29. The van der Waals surface area contributed by atoms with E-state index in [-0.39, 0.29) is 19.4 Å². The van der Waals surface area contributed by atoms with Crippen molar-refractivity contribution in [3.05, 3.63) is 24.3 Å². The number of carbonyl (C=O) groups excluding carboxylic acids is 1. The molecule has 0 heterocycles. The number of hydrogen-bond donors (Lipinski definition) is 3. The fourth-order valence-electron chi connectivity index (χ4n) is 1.44. The van der Waals surface area contributed by atoms with Crippen molar-refractivity contribution >= 4 is 17.4 Å². The van der Waals surface area contributed by atoms with Gasteiger partial charge in [0.15, 0.2) is 0 Å². The number of carbonyl (C=O) groups is 1. The van der Waals surface area contributed by atoms with Crippen LogP contribution in [0.3, 0.4) is 0 Å². The first-order valence-corrected chi connectivity index (χ1v) is 5.84. The summed E-state index contributed by atoms with van der Waals surface area (Å²) < 4.78 is 35.6. The number of amides is 2. The average Bonchev–Trinajstić information content (AvgIpc) is 2.26. The van der Waals surface area contributed by atoms with Gasteiger partial charge in [0.25, 0.3) is 0 Å². The molecule has 4 nitrogen and oxygen atoms in total. The fraction of sp³-hybridized carbons (Fsp3) is 0.417. The number of nitrogens with one attached hydrogen (secondary N) is 2. The summed E-state index contributed by atoms with van der Waals surface area (Å²) in [5.74, 6) is 0. The smallest absolute Gasteiger partial charge is 0.389 e. The molecular formula is C12H16F3N3O. The van der Waals surface area contributed by atoms with Crippen LogP contribution < -0.4 is 16.4 Å². The standard InChI is InChI=1S/C12H16F3N3O/c13-12(14,15)6-1-2-7-17-11(19)18-10-5-3-4-9(16)8-10/h3-5,8H,1-2,6-7,16H2,(H2,17,18,19). The summed E-state index contributed by atoms with van der Waals surface area (Å²) in [5, 5.41) is 5.02. The zero-order valence-electron chi connectivity index (χ0n) is 10.3. The third kappa shape index (κ3) is 7.17. The number of alkyl halides is 3. The van der Waals surface area contributed by atoms with E-state index >= 15 is 0 Å². The molecule has 1 aromatic carbocycles. The topological polar surface area (TPSA) is 67.1 Å². The summed E-state index contributed by atoms with van der Waals surface area (Å²) in [6, 6.07) is 6.16. The van der Waals surface area contributed by atoms with Gasteiger partial charge in [-0.25, -0.2) is 4.79 Å². The first kappa shape index (κ1) is 15.1. The van der Waals surface area contributed by atoms with Crippen LogP contribution in [0.4, 0.5) is 29.3 Å². The van der Waals surface area contributed by atoms with E-state index in [1.165, 1.54) is 0 Å². The minimum absolute atomic E-state index is 0.00205. The maximum absolute atomic E-state index is 11.9. The van der Waals surface area contributed by atoms with Crippen LogP contribution in [0.5, 0.6) is 0 Å². The van der Waals surface area contributed by atoms with Gasteiger partial charge in [-0.1, -0.05) is 6.07 Å². The molecule has 0 aliphatic carbocycles. The Bertz CT molecular complexity index is 421. The maximum Gasteiger partial charge on any atom is 0.389 e. The molecule has 0 bridgehead atoms. The molecule has 0 saturated carbocycles. The normalized spacial score (nSPS) is 11.1. The number of hydrogen-bond acceptors (Lipinski definition) is 2. The van der Waals surface area contributed by atoms with Gasteiger partial charge in [0.05, 0.1) is 0 Å². The van der Waals surface area contributed by atoms with Crippen molar-refractivity contribution in [2.45, 2.75) is 25.4 Å². The number of anilines is 2. The summed E-state index contributed by atoms with van der Waals surface area (Å²) in [6.45, 7) is 0.199. The van der Waals surface area contributed by atoms with Gasteiger partial charge in [0.2, 0.25) is 0 Å². The number of nitrogen functional groups attached to an aromatic ring is 1. The Kier molecular flexibility index (Phi) is 5.47. The summed E-state index contributed by atoms with van der Waals surface area (Å²) in [4.78, 5) is 11.4. The summed E-state index contributed by atoms with van der Waals surface area (Å²) >= 11 is 0. The average molecular weight is 275 g/mol. The van der Waals surface area contributed by atoms with E-state index in [4.69, 9.17) is 5.73 Å². The van der Waals surface area contributed by atoms with Crippen LogP contribution in [0.1, 0.15) is 19.3 Å². The van der Waals surface area contributed by atoms with Crippen LogP contribution in [0.15, 0.2) is 24.3 Å². The van der Waals surface area contributed by atoms with Gasteiger partial charge in [-0.2, -0.15) is 13.2 Å². The van der Waals surface area contributed by atoms with E-state index in [1.54, 1.807) is 24.3 Å². The minimum atomic E-state index is -4.14. The third-order valence-corrected chi connectivity index (χ3v) is 2.32. The highest BCUT2D eigenvalue weighted by Crippen LogP contribution is 2.21. The largest absolute Gasteiger partial charge is 0.399 e. The first-order chi connectivity index (χ1) is 8.87. The molecule has 106 valence electrons. The Hall–Kier alpha value is -1.92. The van der Waals surface area contributed by atoms with E-state index in [9.17, 15) is 18.0 Å². The van der Waals surface area contributed by atoms with Gasteiger partial charge in [0, 0.05) is 24.3 Å². The molecule has 4 N–H and O–H groups in total. The quantitative estimate of drug-likeness (QED) is 0.571. The van der Waals surface area contributed by atoms with Crippen LogP contribution in [0.2, 0.25) is 0 Å². The molecule has 0 atom stereocenters. The van der Waals surface area contributed by atoms with Crippen LogP contribution in [-0.2, 0) is 0 Å². The predicted molar refractivity (Wildman–Crippen MR) is 67.8 cm³/mol. The van der Waals surface area contributed by atoms with Gasteiger partial charge in [0.1, 0.15) is 0 Å². The van der Waals surface area contributed by atoms with E-state index in [2.05, 4.69) is 10.6 Å². The van der Waals surface area contributed by atoms with Crippen LogP contribution in [0.25, 0.3) is 0 Å². The lowest BCUT2D eigenvalue weighted by atomic mass is 10.2. The van der Waals surface area contributed by atoms with Gasteiger partial charge >= 0.3 is 12.2 Å². The molecule has 1 aromatic rings. The lowest BCUT2D eigenvalue weighted by molar-refractivity contribution is -0.135. The molecule has 2 amide bonds. The number of nitrogens with two attached hydrogens (primary N) is 1. The zero-order chi connectivity index (χ0) is 14.3. The molecule has 0 aliphatic heterocycles. The highest BCUT2D eigenvalue weighted by atomic mass is 19.4. The van der Waals surface area contributed by atoms with Crippen LogP contribution in [0, 0.1) is 0 Å². The van der Waals surface area contributed by atoms with Crippen molar-refractivity contribution in [2.75, 3.05) is 17.6 Å². The Morgan fingerprint density at radius 2 is 2.00 bits per heavy atom. The van der Waals surface area contributed by atoms with Gasteiger partial charge in [-0.05, 0) is 31.0 Å². The molecule has 19 heavy (non-hydrogen) atoms. The molecule has 0 aromatic heterocycles. The molecule has 0 aliphatic rings. The highest BCUT2D eigenvalue weighted by Gasteiger charge is 2.25. The summed E-state index contributed by atoms with van der Waals surface area (Å²) in [5.41, 5.74) is 6.59. The fourth-order valence-corrected chi connectivity index (χ4v) is 1.44. The van der Waals surface area contributed by atoms with Crippen LogP contribution in [-0.4, -0.2) is 18.8 Å². The lowest BCUT2D eigenvalue weighted by Gasteiger charge is -2.09. The second-order valence-electron chi connectivity index (χ2n) is 4.08. The monoisotopic (exact) mass is 275 g/mol. The minimum Gasteiger partial charge on any atom is -0.399 e. The Balaban J connectivity index is 2.18. The molecule has 1 rings (SSSR count). The van der Waals surface area contributed by atoms with Crippen molar-refractivity contribution < 1.29 is 18.0 Å². The van der Waals surface area contributed by atoms with E-state index in [1.807, 2.05) is 0 Å². The Morgan fingerprint density at radius 1 is 1.26 bits per heavy atom. The number of halogens is 3. The summed E-state index contributed by atoms with van der Waals surface area (Å²) in [6.07, 6.45) is -4.68. The second-order valence-corrected chi connectivity index (χ2v) is 4.08. The molecule has 0 spiro atoms. The SMILES string of the molecule is Nc1cccc(NC(=O)NCCCCC(F)(F)F)c1. The van der Waals surface area contributed by atoms with Gasteiger partial charge in [-0.15, -0.1) is 0 Å². The summed E-state index contributed by atoms with van der Waals surface area (Å²) in [7, 11) is 0. The molecule has 0 fully saturated rings.